The third-order valence-electron chi connectivity index (χ3n) is 24.6. The number of fused-ring (bicyclic) bond motifs is 5. The fourth-order valence-corrected chi connectivity index (χ4v) is 18.9. The van der Waals surface area contributed by atoms with Crippen molar-refractivity contribution in [1.82, 2.24) is 20.0 Å². The van der Waals surface area contributed by atoms with Crippen LogP contribution in [0.1, 0.15) is 402 Å². The molecule has 88 heavy (non-hydrogen) atoms. The Hall–Kier alpha value is -0.690. The molecule has 9 atom stereocenters. The number of rotatable bonds is 61. The van der Waals surface area contributed by atoms with Crippen LogP contribution in [0.4, 0.5) is 0 Å². The molecule has 4 fully saturated rings. The van der Waals surface area contributed by atoms with Gasteiger partial charge in [0.05, 0.1) is 6.10 Å². The largest absolute Gasteiger partial charge is 0.393 e. The van der Waals surface area contributed by atoms with Gasteiger partial charge < -0.3 is 25.1 Å². The summed E-state index contributed by atoms with van der Waals surface area (Å²) in [4.78, 5) is 22.2. The van der Waals surface area contributed by atoms with Gasteiger partial charge in [-0.2, -0.15) is 0 Å². The molecule has 0 heterocycles. The van der Waals surface area contributed by atoms with Crippen LogP contribution in [0, 0.1) is 46.3 Å². The Labute approximate surface area is 552 Å². The highest BCUT2D eigenvalue weighted by molar-refractivity contribution is 5.75. The van der Waals surface area contributed by atoms with Crippen molar-refractivity contribution in [2.45, 2.75) is 408 Å². The minimum Gasteiger partial charge on any atom is -0.393 e. The van der Waals surface area contributed by atoms with E-state index in [2.05, 4.69) is 68.5 Å². The first kappa shape index (κ1) is 79.7. The summed E-state index contributed by atoms with van der Waals surface area (Å²) in [5.41, 5.74) is 0.765. The summed E-state index contributed by atoms with van der Waals surface area (Å²) >= 11 is 0. The van der Waals surface area contributed by atoms with Crippen molar-refractivity contribution < 1.29 is 9.90 Å². The third-order valence-corrected chi connectivity index (χ3v) is 24.6. The number of nitrogens with zero attached hydrogens (tertiary/aromatic N) is 3. The predicted molar refractivity (Wildman–Crippen MR) is 388 cm³/mol. The Morgan fingerprint density at radius 1 is 0.409 bits per heavy atom. The number of aliphatic hydroxyl groups is 1. The van der Waals surface area contributed by atoms with Gasteiger partial charge >= 0.3 is 0 Å². The zero-order valence-corrected chi connectivity index (χ0v) is 61.2. The van der Waals surface area contributed by atoms with E-state index in [0.717, 1.165) is 38.3 Å². The highest BCUT2D eigenvalue weighted by atomic mass is 16.3. The lowest BCUT2D eigenvalue weighted by Gasteiger charge is -2.62. The van der Waals surface area contributed by atoms with Gasteiger partial charge in [-0.3, -0.25) is 4.79 Å². The third kappa shape index (κ3) is 33.1. The van der Waals surface area contributed by atoms with Gasteiger partial charge in [0.2, 0.25) is 5.91 Å². The second-order valence-corrected chi connectivity index (χ2v) is 31.8. The van der Waals surface area contributed by atoms with Crippen LogP contribution in [0.5, 0.6) is 0 Å². The van der Waals surface area contributed by atoms with E-state index >= 15 is 0 Å². The molecular weight excluding hydrogens is 1070 g/mol. The SMILES string of the molecule is CCCCCCCCCCCCN(CCCCN(CCCCCCCCCCCC)CCCN(CCCCCCCCCCCC)CCCCCCCCCCCC)CCCNC(=O)CC[C@@H](C)C1CCC2C3C(O)CC4CCCCC4(C)C3CCC21C. The van der Waals surface area contributed by atoms with Crippen molar-refractivity contribution in [2.24, 2.45) is 46.3 Å². The summed E-state index contributed by atoms with van der Waals surface area (Å²) in [6, 6.07) is 0. The quantitative estimate of drug-likeness (QED) is 0.0595. The van der Waals surface area contributed by atoms with Crippen molar-refractivity contribution in [3.8, 4) is 0 Å². The molecule has 0 radical (unpaired) electrons. The first-order chi connectivity index (χ1) is 43.1. The number of nitrogens with one attached hydrogen (secondary N) is 1. The molecule has 0 aromatic rings. The van der Waals surface area contributed by atoms with Gasteiger partial charge in [-0.15, -0.1) is 0 Å². The van der Waals surface area contributed by atoms with Crippen LogP contribution in [0.15, 0.2) is 0 Å². The second kappa shape index (κ2) is 51.6. The number of aliphatic hydroxyl groups excluding tert-OH is 1. The van der Waals surface area contributed by atoms with Gasteiger partial charge in [-0.25, -0.2) is 0 Å². The lowest BCUT2D eigenvalue weighted by Crippen LogP contribution is -2.57. The van der Waals surface area contributed by atoms with Crippen LogP contribution in [-0.2, 0) is 4.79 Å². The number of unbranched alkanes of at least 4 members (excludes halogenated alkanes) is 37. The zero-order valence-electron chi connectivity index (χ0n) is 61.2. The Kier molecular flexibility index (Phi) is 46.8. The minimum absolute atomic E-state index is 0.101. The number of carbonyl (C=O) groups excluding carboxylic acids is 1. The topological polar surface area (TPSA) is 59.0 Å². The van der Waals surface area contributed by atoms with Gasteiger partial charge in [0.1, 0.15) is 0 Å². The molecule has 0 bridgehead atoms. The summed E-state index contributed by atoms with van der Waals surface area (Å²) < 4.78 is 0. The molecule has 1 amide bonds. The smallest absolute Gasteiger partial charge is 0.220 e. The summed E-state index contributed by atoms with van der Waals surface area (Å²) in [5, 5.41) is 15.2. The first-order valence-corrected chi connectivity index (χ1v) is 41.2. The molecule has 0 aromatic heterocycles. The van der Waals surface area contributed by atoms with Crippen molar-refractivity contribution in [2.75, 3.05) is 65.4 Å². The Morgan fingerprint density at radius 2 is 0.750 bits per heavy atom. The second-order valence-electron chi connectivity index (χ2n) is 31.8. The van der Waals surface area contributed by atoms with E-state index < -0.39 is 0 Å². The molecule has 6 heteroatoms. The molecule has 0 aromatic carbocycles. The van der Waals surface area contributed by atoms with Crippen LogP contribution in [0.3, 0.4) is 0 Å². The van der Waals surface area contributed by atoms with E-state index in [0.29, 0.717) is 46.8 Å². The highest BCUT2D eigenvalue weighted by Crippen LogP contribution is 2.68. The number of carbonyl (C=O) groups is 1. The van der Waals surface area contributed by atoms with Crippen molar-refractivity contribution in [3.63, 3.8) is 0 Å². The van der Waals surface area contributed by atoms with E-state index in [1.165, 1.54) is 380 Å². The zero-order chi connectivity index (χ0) is 63.0. The van der Waals surface area contributed by atoms with E-state index in [4.69, 9.17) is 0 Å². The molecular formula is C82H160N4O2. The van der Waals surface area contributed by atoms with Gasteiger partial charge in [0.25, 0.3) is 0 Å². The maximum atomic E-state index is 13.6. The van der Waals surface area contributed by atoms with Crippen molar-refractivity contribution in [1.29, 1.82) is 0 Å². The molecule has 4 rings (SSSR count). The number of hydrogen-bond donors (Lipinski definition) is 2. The summed E-state index contributed by atoms with van der Waals surface area (Å²) in [6.07, 6.45) is 75.0. The van der Waals surface area contributed by atoms with Gasteiger partial charge in [-0.05, 0) is 208 Å². The van der Waals surface area contributed by atoms with Crippen molar-refractivity contribution >= 4 is 5.91 Å². The van der Waals surface area contributed by atoms with E-state index in [9.17, 15) is 9.90 Å². The predicted octanol–water partition coefficient (Wildman–Crippen LogP) is 23.7. The number of hydrogen-bond acceptors (Lipinski definition) is 5. The molecule has 8 unspecified atom stereocenters. The highest BCUT2D eigenvalue weighted by Gasteiger charge is 2.62. The van der Waals surface area contributed by atoms with Gasteiger partial charge in [0, 0.05) is 13.0 Å². The summed E-state index contributed by atoms with van der Waals surface area (Å²) in [5.74, 6) is 4.12. The van der Waals surface area contributed by atoms with Crippen LogP contribution >= 0.6 is 0 Å². The molecule has 520 valence electrons. The Morgan fingerprint density at radius 3 is 1.15 bits per heavy atom. The fourth-order valence-electron chi connectivity index (χ4n) is 18.9. The molecule has 4 aliphatic carbocycles. The normalized spacial score (nSPS) is 23.9. The molecule has 0 aliphatic heterocycles. The van der Waals surface area contributed by atoms with Crippen LogP contribution < -0.4 is 5.32 Å². The Bertz CT molecular complexity index is 1570. The monoisotopic (exact) mass is 1230 g/mol. The minimum atomic E-state index is -0.101. The van der Waals surface area contributed by atoms with Crippen LogP contribution in [-0.4, -0.2) is 97.3 Å². The van der Waals surface area contributed by atoms with E-state index in [-0.39, 0.29) is 12.0 Å². The fraction of sp³-hybridized carbons (Fsp3) is 0.988. The van der Waals surface area contributed by atoms with Gasteiger partial charge in [-0.1, -0.05) is 292 Å². The van der Waals surface area contributed by atoms with Crippen LogP contribution in [0.25, 0.3) is 0 Å². The molecule has 2 N–H and O–H groups in total. The summed E-state index contributed by atoms with van der Waals surface area (Å²) in [6.45, 7) is 29.2. The molecule has 4 aliphatic rings. The first-order valence-electron chi connectivity index (χ1n) is 41.2. The molecule has 4 saturated carbocycles. The molecule has 0 saturated heterocycles. The van der Waals surface area contributed by atoms with Crippen molar-refractivity contribution in [3.05, 3.63) is 0 Å². The maximum Gasteiger partial charge on any atom is 0.220 e. The lowest BCUT2D eigenvalue weighted by atomic mass is 9.44. The van der Waals surface area contributed by atoms with Crippen LogP contribution in [0.2, 0.25) is 0 Å². The molecule has 0 spiro atoms. The lowest BCUT2D eigenvalue weighted by molar-refractivity contribution is -0.164. The van der Waals surface area contributed by atoms with E-state index in [1.807, 2.05) is 0 Å². The average molecular weight is 1230 g/mol. The Balaban J connectivity index is 1.25. The standard InChI is InChI=1S/C82H160N4O2/c1-8-12-16-20-24-28-32-36-40-46-63-84(69-52-62-83-79(88)58-55-73(5)75-56-57-76-80-77(59-61-82(75,76)7)81(6)60-45-44-54-74(81)72-78(80)87)67-50-51-68-86(66-49-43-39-35-31-27-23-19-15-11-4)71-53-70-85(64-47-41-37-33-29-25-21-17-13-9-2)65-48-42-38-34-30-26-22-18-14-10-3/h73-78,80,87H,8-72H2,1-7H3,(H,83,88)/t73-,74?,75?,76?,77?,78?,80?,81?,82?/m1/s1. The summed E-state index contributed by atoms with van der Waals surface area (Å²) in [7, 11) is 0. The maximum absolute atomic E-state index is 13.6. The molecule has 6 nitrogen and oxygen atoms in total. The number of amides is 1. The van der Waals surface area contributed by atoms with Gasteiger partial charge in [0.15, 0.2) is 0 Å². The van der Waals surface area contributed by atoms with E-state index in [1.54, 1.807) is 0 Å². The average Bonchev–Trinajstić information content (AvgIpc) is 1.33.